The number of hydrogen-bond donors (Lipinski definition) is 0. The molecule has 1 aromatic carbocycles. The molecule has 3 rings (SSSR count). The summed E-state index contributed by atoms with van der Waals surface area (Å²) < 4.78 is 1.90. The van der Waals surface area contributed by atoms with E-state index in [1.54, 1.807) is 11.3 Å². The molecule has 2 heterocycles. The van der Waals surface area contributed by atoms with Crippen LogP contribution in [0.4, 0.5) is 0 Å². The smallest absolute Gasteiger partial charge is 0.222 e. The van der Waals surface area contributed by atoms with Gasteiger partial charge in [0.25, 0.3) is 0 Å². The van der Waals surface area contributed by atoms with Crippen LogP contribution >= 0.6 is 11.3 Å². The van der Waals surface area contributed by atoms with Crippen LogP contribution in [0.3, 0.4) is 0 Å². The molecule has 0 N–H and O–H groups in total. The SMILES string of the molecule is CCCCCC(=O)N(C)Cc1cn(-c2ccccc2)nc1-c1cccs1. The van der Waals surface area contributed by atoms with Crippen molar-refractivity contribution in [2.75, 3.05) is 7.05 Å². The molecule has 0 fully saturated rings. The molecule has 0 radical (unpaired) electrons. The zero-order valence-electron chi connectivity index (χ0n) is 15.4. The second-order valence-electron chi connectivity index (χ2n) is 6.47. The molecule has 5 heteroatoms. The van der Waals surface area contributed by atoms with Crippen LogP contribution in [0.15, 0.2) is 54.0 Å². The van der Waals surface area contributed by atoms with E-state index in [1.165, 1.54) is 0 Å². The molecule has 136 valence electrons. The van der Waals surface area contributed by atoms with Crippen molar-refractivity contribution in [2.45, 2.75) is 39.2 Å². The monoisotopic (exact) mass is 367 g/mol. The summed E-state index contributed by atoms with van der Waals surface area (Å²) in [6.07, 6.45) is 5.85. The molecule has 0 bridgehead atoms. The second-order valence-corrected chi connectivity index (χ2v) is 7.41. The maximum absolute atomic E-state index is 12.4. The number of amides is 1. The second kappa shape index (κ2) is 8.81. The zero-order chi connectivity index (χ0) is 18.4. The summed E-state index contributed by atoms with van der Waals surface area (Å²) in [5.41, 5.74) is 3.05. The molecule has 0 spiro atoms. The Morgan fingerprint density at radius 3 is 2.65 bits per heavy atom. The lowest BCUT2D eigenvalue weighted by Crippen LogP contribution is -2.25. The number of benzene rings is 1. The van der Waals surface area contributed by atoms with Gasteiger partial charge in [-0.1, -0.05) is 44.0 Å². The van der Waals surface area contributed by atoms with Crippen molar-refractivity contribution >= 4 is 17.2 Å². The number of thiophene rings is 1. The van der Waals surface area contributed by atoms with Gasteiger partial charge in [-0.25, -0.2) is 4.68 Å². The van der Waals surface area contributed by atoms with Gasteiger partial charge in [0.1, 0.15) is 5.69 Å². The van der Waals surface area contributed by atoms with Gasteiger partial charge >= 0.3 is 0 Å². The van der Waals surface area contributed by atoms with Gasteiger partial charge in [0.2, 0.25) is 5.91 Å². The predicted molar refractivity (Wildman–Crippen MR) is 107 cm³/mol. The Balaban J connectivity index is 1.83. The van der Waals surface area contributed by atoms with Crippen LogP contribution < -0.4 is 0 Å². The highest BCUT2D eigenvalue weighted by molar-refractivity contribution is 7.13. The van der Waals surface area contributed by atoms with Crippen molar-refractivity contribution < 1.29 is 4.79 Å². The number of para-hydroxylation sites is 1. The lowest BCUT2D eigenvalue weighted by atomic mass is 10.1. The van der Waals surface area contributed by atoms with E-state index in [2.05, 4.69) is 18.4 Å². The van der Waals surface area contributed by atoms with Crippen LogP contribution in [-0.4, -0.2) is 27.6 Å². The number of hydrogen-bond acceptors (Lipinski definition) is 3. The van der Waals surface area contributed by atoms with E-state index in [4.69, 9.17) is 5.10 Å². The molecule has 0 unspecified atom stereocenters. The Morgan fingerprint density at radius 2 is 1.96 bits per heavy atom. The molecular formula is C21H25N3OS. The van der Waals surface area contributed by atoms with Crippen LogP contribution in [0.2, 0.25) is 0 Å². The van der Waals surface area contributed by atoms with Crippen molar-refractivity contribution in [3.05, 3.63) is 59.6 Å². The number of aromatic nitrogens is 2. The van der Waals surface area contributed by atoms with Crippen molar-refractivity contribution in [1.29, 1.82) is 0 Å². The average molecular weight is 368 g/mol. The third-order valence-corrected chi connectivity index (χ3v) is 5.27. The molecule has 26 heavy (non-hydrogen) atoms. The minimum atomic E-state index is 0.197. The van der Waals surface area contributed by atoms with Gasteiger partial charge < -0.3 is 4.90 Å². The summed E-state index contributed by atoms with van der Waals surface area (Å²) in [4.78, 5) is 15.3. The first-order valence-corrected chi connectivity index (χ1v) is 9.98. The Bertz CT molecular complexity index is 824. The summed E-state index contributed by atoms with van der Waals surface area (Å²) in [5, 5.41) is 6.86. The Kier molecular flexibility index (Phi) is 6.23. The normalized spacial score (nSPS) is 10.8. The molecule has 0 aliphatic carbocycles. The van der Waals surface area contributed by atoms with Gasteiger partial charge in [0.05, 0.1) is 10.6 Å². The van der Waals surface area contributed by atoms with Gasteiger partial charge in [-0.2, -0.15) is 5.10 Å². The summed E-state index contributed by atoms with van der Waals surface area (Å²) in [7, 11) is 1.88. The van der Waals surface area contributed by atoms with Crippen molar-refractivity contribution in [3.8, 4) is 16.3 Å². The first kappa shape index (κ1) is 18.4. The Hall–Kier alpha value is -2.40. The average Bonchev–Trinajstić information content (AvgIpc) is 3.32. The predicted octanol–water partition coefficient (Wildman–Crippen LogP) is 5.14. The highest BCUT2D eigenvalue weighted by Gasteiger charge is 2.17. The Morgan fingerprint density at radius 1 is 1.15 bits per heavy atom. The van der Waals surface area contributed by atoms with Gasteiger partial charge in [-0.05, 0) is 30.0 Å². The third kappa shape index (κ3) is 4.41. The van der Waals surface area contributed by atoms with E-state index in [0.29, 0.717) is 13.0 Å². The van der Waals surface area contributed by atoms with Crippen molar-refractivity contribution in [3.63, 3.8) is 0 Å². The third-order valence-electron chi connectivity index (χ3n) is 4.39. The van der Waals surface area contributed by atoms with E-state index in [1.807, 2.05) is 59.2 Å². The molecule has 2 aromatic heterocycles. The number of carbonyl (C=O) groups excluding carboxylic acids is 1. The largest absolute Gasteiger partial charge is 0.341 e. The van der Waals surface area contributed by atoms with Crippen molar-refractivity contribution in [2.24, 2.45) is 0 Å². The summed E-state index contributed by atoms with van der Waals surface area (Å²) in [6, 6.07) is 14.2. The molecule has 0 saturated carbocycles. The van der Waals surface area contributed by atoms with Gasteiger partial charge in [0, 0.05) is 31.8 Å². The standard InChI is InChI=1S/C21H25N3OS/c1-3-4-6-13-20(25)23(2)15-17-16-24(18-10-7-5-8-11-18)22-21(17)19-12-9-14-26-19/h5,7-12,14,16H,3-4,6,13,15H2,1-2H3. The maximum atomic E-state index is 12.4. The summed E-state index contributed by atoms with van der Waals surface area (Å²) >= 11 is 1.67. The van der Waals surface area contributed by atoms with E-state index >= 15 is 0 Å². The molecule has 0 aliphatic heterocycles. The highest BCUT2D eigenvalue weighted by Crippen LogP contribution is 2.28. The molecule has 3 aromatic rings. The number of nitrogens with zero attached hydrogens (tertiary/aromatic N) is 3. The molecule has 0 saturated heterocycles. The molecular weight excluding hydrogens is 342 g/mol. The van der Waals surface area contributed by atoms with Gasteiger partial charge in [-0.15, -0.1) is 11.3 Å². The van der Waals surface area contributed by atoms with Crippen LogP contribution in [0, 0.1) is 0 Å². The highest BCUT2D eigenvalue weighted by atomic mass is 32.1. The molecule has 4 nitrogen and oxygen atoms in total. The van der Waals surface area contributed by atoms with Gasteiger partial charge in [-0.3, -0.25) is 4.79 Å². The minimum absolute atomic E-state index is 0.197. The van der Waals surface area contributed by atoms with E-state index in [-0.39, 0.29) is 5.91 Å². The lowest BCUT2D eigenvalue weighted by molar-refractivity contribution is -0.130. The lowest BCUT2D eigenvalue weighted by Gasteiger charge is -2.16. The zero-order valence-corrected chi connectivity index (χ0v) is 16.2. The van der Waals surface area contributed by atoms with E-state index in [0.717, 1.165) is 41.1 Å². The molecule has 0 aliphatic rings. The van der Waals surface area contributed by atoms with Crippen molar-refractivity contribution in [1.82, 2.24) is 14.7 Å². The minimum Gasteiger partial charge on any atom is -0.341 e. The van der Waals surface area contributed by atoms with Crippen LogP contribution in [0.5, 0.6) is 0 Å². The maximum Gasteiger partial charge on any atom is 0.222 e. The number of carbonyl (C=O) groups is 1. The quantitative estimate of drug-likeness (QED) is 0.517. The number of rotatable bonds is 8. The van der Waals surface area contributed by atoms with E-state index in [9.17, 15) is 4.79 Å². The topological polar surface area (TPSA) is 38.1 Å². The Labute approximate surface area is 159 Å². The summed E-state index contributed by atoms with van der Waals surface area (Å²) in [6.45, 7) is 2.73. The number of unbranched alkanes of at least 4 members (excludes halogenated alkanes) is 2. The van der Waals surface area contributed by atoms with E-state index < -0.39 is 0 Å². The van der Waals surface area contributed by atoms with Crippen LogP contribution in [0.25, 0.3) is 16.3 Å². The fourth-order valence-corrected chi connectivity index (χ4v) is 3.66. The van der Waals surface area contributed by atoms with Gasteiger partial charge in [0.15, 0.2) is 0 Å². The summed E-state index contributed by atoms with van der Waals surface area (Å²) in [5.74, 6) is 0.197. The first-order valence-electron chi connectivity index (χ1n) is 9.11. The fraction of sp³-hybridized carbons (Fsp3) is 0.333. The van der Waals surface area contributed by atoms with Crippen LogP contribution in [-0.2, 0) is 11.3 Å². The molecule has 0 atom stereocenters. The first-order chi connectivity index (χ1) is 12.7. The van der Waals surface area contributed by atoms with Crippen LogP contribution in [0.1, 0.15) is 38.2 Å². The molecule has 1 amide bonds. The fourth-order valence-electron chi connectivity index (χ4n) is 2.92.